The van der Waals surface area contributed by atoms with Gasteiger partial charge in [-0.05, 0) is 50.2 Å². The lowest BCUT2D eigenvalue weighted by Gasteiger charge is -2.03. The summed E-state index contributed by atoms with van der Waals surface area (Å²) in [6, 6.07) is 9.32. The molecular weight excluding hydrogens is 434 g/mol. The number of hydrogen-bond acceptors (Lipinski definition) is 4. The number of Topliss-reactive ketones (excluding diaryl/α,β-unsaturated/α-hetero) is 2. The Kier molecular flexibility index (Phi) is 9.81. The van der Waals surface area contributed by atoms with E-state index in [0.29, 0.717) is 20.6 Å². The summed E-state index contributed by atoms with van der Waals surface area (Å²) in [5, 5.41) is 1.63. The van der Waals surface area contributed by atoms with Crippen LogP contribution in [-0.2, 0) is 9.53 Å². The monoisotopic (exact) mass is 448 g/mol. The van der Waals surface area contributed by atoms with Crippen LogP contribution < -0.4 is 0 Å². The molecule has 0 saturated carbocycles. The summed E-state index contributed by atoms with van der Waals surface area (Å²) in [5.74, 6) is -0.981. The van der Waals surface area contributed by atoms with E-state index in [9.17, 15) is 14.4 Å². The van der Waals surface area contributed by atoms with Gasteiger partial charge in [0, 0.05) is 21.2 Å². The number of ketones is 2. The number of benzene rings is 2. The Balaban J connectivity index is 0.000000289. The van der Waals surface area contributed by atoms with Crippen molar-refractivity contribution in [1.29, 1.82) is 0 Å². The van der Waals surface area contributed by atoms with Gasteiger partial charge >= 0.3 is 5.97 Å². The van der Waals surface area contributed by atoms with E-state index in [0.717, 1.165) is 0 Å². The highest BCUT2D eigenvalue weighted by Gasteiger charge is 2.15. The predicted molar refractivity (Wildman–Crippen MR) is 109 cm³/mol. The molecule has 0 aromatic heterocycles. The minimum Gasteiger partial charge on any atom is -0.466 e. The van der Waals surface area contributed by atoms with Gasteiger partial charge in [0.2, 0.25) is 0 Å². The highest BCUT2D eigenvalue weighted by Crippen LogP contribution is 2.22. The van der Waals surface area contributed by atoms with Crippen LogP contribution in [0.3, 0.4) is 0 Å². The summed E-state index contributed by atoms with van der Waals surface area (Å²) in [7, 11) is 0. The summed E-state index contributed by atoms with van der Waals surface area (Å²) < 4.78 is 4.67. The predicted octanol–water partition coefficient (Wildman–Crippen LogP) is 6.33. The SMILES string of the molecule is CC(=O)c1ccc(Cl)cc1Cl.CCOC(=O)CC(=O)c1ccc(Cl)cc1Cl. The van der Waals surface area contributed by atoms with Gasteiger partial charge in [-0.3, -0.25) is 14.4 Å². The van der Waals surface area contributed by atoms with E-state index in [1.165, 1.54) is 19.1 Å². The molecule has 0 aliphatic heterocycles. The zero-order valence-corrected chi connectivity index (χ0v) is 17.5. The minimum atomic E-state index is -0.557. The summed E-state index contributed by atoms with van der Waals surface area (Å²) >= 11 is 22.9. The first-order valence-corrected chi connectivity index (χ1v) is 9.26. The Bertz CT molecular complexity index is 850. The number of hydrogen-bond donors (Lipinski definition) is 0. The Morgan fingerprint density at radius 3 is 1.74 bits per heavy atom. The van der Waals surface area contributed by atoms with E-state index in [-0.39, 0.29) is 35.2 Å². The van der Waals surface area contributed by atoms with Crippen molar-refractivity contribution in [3.63, 3.8) is 0 Å². The molecule has 8 heteroatoms. The fourth-order valence-corrected chi connectivity index (χ4v) is 2.98. The smallest absolute Gasteiger partial charge is 0.313 e. The highest BCUT2D eigenvalue weighted by molar-refractivity contribution is 6.37. The van der Waals surface area contributed by atoms with Crippen molar-refractivity contribution >= 4 is 63.9 Å². The fraction of sp³-hybridized carbons (Fsp3) is 0.211. The zero-order valence-electron chi connectivity index (χ0n) is 14.5. The van der Waals surface area contributed by atoms with Gasteiger partial charge in [-0.25, -0.2) is 0 Å². The second-order valence-electron chi connectivity index (χ2n) is 5.21. The maximum absolute atomic E-state index is 11.6. The van der Waals surface area contributed by atoms with Crippen molar-refractivity contribution in [2.24, 2.45) is 0 Å². The minimum absolute atomic E-state index is 0.0494. The molecule has 0 aliphatic rings. The molecule has 0 fully saturated rings. The van der Waals surface area contributed by atoms with Gasteiger partial charge in [0.1, 0.15) is 6.42 Å². The van der Waals surface area contributed by atoms with E-state index in [4.69, 9.17) is 46.4 Å². The average molecular weight is 450 g/mol. The number of ether oxygens (including phenoxy) is 1. The van der Waals surface area contributed by atoms with Crippen molar-refractivity contribution < 1.29 is 19.1 Å². The molecule has 2 aromatic carbocycles. The molecule has 0 spiro atoms. The number of carbonyl (C=O) groups is 3. The van der Waals surface area contributed by atoms with Crippen molar-refractivity contribution in [3.8, 4) is 0 Å². The Hall–Kier alpha value is -1.59. The lowest BCUT2D eigenvalue weighted by atomic mass is 10.1. The van der Waals surface area contributed by atoms with Crippen LogP contribution in [0.2, 0.25) is 20.1 Å². The molecule has 0 unspecified atom stereocenters. The lowest BCUT2D eigenvalue weighted by molar-refractivity contribution is -0.141. The van der Waals surface area contributed by atoms with Gasteiger partial charge in [-0.2, -0.15) is 0 Å². The molecule has 0 heterocycles. The number of esters is 1. The maximum atomic E-state index is 11.6. The van der Waals surface area contributed by atoms with Gasteiger partial charge in [-0.1, -0.05) is 46.4 Å². The first-order chi connectivity index (χ1) is 12.6. The second-order valence-corrected chi connectivity index (χ2v) is 6.90. The van der Waals surface area contributed by atoms with E-state index in [2.05, 4.69) is 4.74 Å². The molecule has 0 atom stereocenters. The summed E-state index contributed by atoms with van der Waals surface area (Å²) in [4.78, 5) is 33.6. The maximum Gasteiger partial charge on any atom is 0.313 e. The van der Waals surface area contributed by atoms with Crippen LogP contribution in [0.15, 0.2) is 36.4 Å². The first kappa shape index (κ1) is 23.4. The van der Waals surface area contributed by atoms with Crippen molar-refractivity contribution in [2.75, 3.05) is 6.61 Å². The third-order valence-electron chi connectivity index (χ3n) is 3.15. The summed E-state index contributed by atoms with van der Waals surface area (Å²) in [6.07, 6.45) is -0.310. The van der Waals surface area contributed by atoms with Gasteiger partial charge in [0.15, 0.2) is 11.6 Å². The van der Waals surface area contributed by atoms with Crippen LogP contribution in [0.4, 0.5) is 0 Å². The van der Waals surface area contributed by atoms with Crippen LogP contribution >= 0.6 is 46.4 Å². The summed E-state index contributed by atoms with van der Waals surface area (Å²) in [6.45, 7) is 3.40. The van der Waals surface area contributed by atoms with Crippen LogP contribution in [0.1, 0.15) is 41.0 Å². The van der Waals surface area contributed by atoms with Gasteiger partial charge in [0.25, 0.3) is 0 Å². The summed E-state index contributed by atoms with van der Waals surface area (Å²) in [5.41, 5.74) is 0.787. The van der Waals surface area contributed by atoms with Crippen LogP contribution in [0.5, 0.6) is 0 Å². The lowest BCUT2D eigenvalue weighted by Crippen LogP contribution is -2.11. The first-order valence-electron chi connectivity index (χ1n) is 7.75. The average Bonchev–Trinajstić information content (AvgIpc) is 2.54. The van der Waals surface area contributed by atoms with Crippen molar-refractivity contribution in [2.45, 2.75) is 20.3 Å². The molecule has 0 radical (unpaired) electrons. The van der Waals surface area contributed by atoms with Crippen LogP contribution in [0, 0.1) is 0 Å². The van der Waals surface area contributed by atoms with Gasteiger partial charge < -0.3 is 4.74 Å². The molecule has 0 amide bonds. The van der Waals surface area contributed by atoms with E-state index < -0.39 is 5.97 Å². The topological polar surface area (TPSA) is 60.4 Å². The van der Waals surface area contributed by atoms with Crippen molar-refractivity contribution in [3.05, 3.63) is 67.6 Å². The Labute approximate surface area is 177 Å². The molecule has 2 aromatic rings. The number of halogens is 4. The van der Waals surface area contributed by atoms with Gasteiger partial charge in [-0.15, -0.1) is 0 Å². The second kappa shape index (κ2) is 11.3. The molecule has 0 N–H and O–H groups in total. The third kappa shape index (κ3) is 7.89. The molecular formula is C19H16Cl4O4. The normalized spacial score (nSPS) is 9.85. The van der Waals surface area contributed by atoms with Gasteiger partial charge in [0.05, 0.1) is 16.7 Å². The largest absolute Gasteiger partial charge is 0.466 e. The van der Waals surface area contributed by atoms with Crippen LogP contribution in [-0.4, -0.2) is 24.1 Å². The Morgan fingerprint density at radius 1 is 0.852 bits per heavy atom. The number of rotatable bonds is 5. The fourth-order valence-electron chi connectivity index (χ4n) is 1.93. The molecule has 27 heavy (non-hydrogen) atoms. The zero-order chi connectivity index (χ0) is 20.6. The number of carbonyl (C=O) groups excluding carboxylic acids is 3. The molecule has 0 saturated heterocycles. The Morgan fingerprint density at radius 2 is 1.33 bits per heavy atom. The highest BCUT2D eigenvalue weighted by atomic mass is 35.5. The molecule has 0 bridgehead atoms. The molecule has 0 aliphatic carbocycles. The van der Waals surface area contributed by atoms with Crippen molar-refractivity contribution in [1.82, 2.24) is 0 Å². The van der Waals surface area contributed by atoms with Crippen LogP contribution in [0.25, 0.3) is 0 Å². The third-order valence-corrected chi connectivity index (χ3v) is 4.25. The molecule has 144 valence electrons. The molecule has 4 nitrogen and oxygen atoms in total. The van der Waals surface area contributed by atoms with E-state index in [1.807, 2.05) is 0 Å². The standard InChI is InChI=1S/C11H10Cl2O3.C8H6Cl2O/c1-2-16-11(15)6-10(14)8-4-3-7(12)5-9(8)13;1-5(11)7-3-2-6(9)4-8(7)10/h3-5H,2,6H2,1H3;2-4H,1H3. The quantitative estimate of drug-likeness (QED) is 0.304. The van der Waals surface area contributed by atoms with E-state index in [1.54, 1.807) is 31.2 Å². The molecule has 2 rings (SSSR count). The van der Waals surface area contributed by atoms with E-state index >= 15 is 0 Å².